The van der Waals surface area contributed by atoms with E-state index in [-0.39, 0.29) is 5.82 Å². The van der Waals surface area contributed by atoms with Gasteiger partial charge >= 0.3 is 0 Å². The number of nitrogens with zero attached hydrogens (tertiary/aromatic N) is 1. The SMILES string of the molecule is CN(c1ccc(F)cc1CN)C1CCC(C)(C)CC1. The lowest BCUT2D eigenvalue weighted by Crippen LogP contribution is -2.37. The number of hydrogen-bond donors (Lipinski definition) is 1. The van der Waals surface area contributed by atoms with Crippen molar-refractivity contribution in [2.75, 3.05) is 11.9 Å². The van der Waals surface area contributed by atoms with Gasteiger partial charge in [0.1, 0.15) is 5.82 Å². The molecule has 1 fully saturated rings. The molecule has 2 N–H and O–H groups in total. The molecule has 0 bridgehead atoms. The van der Waals surface area contributed by atoms with E-state index in [9.17, 15) is 4.39 Å². The molecule has 0 saturated heterocycles. The van der Waals surface area contributed by atoms with Crippen molar-refractivity contribution in [2.45, 2.75) is 52.1 Å². The molecule has 1 aliphatic carbocycles. The van der Waals surface area contributed by atoms with Crippen LogP contribution in [0, 0.1) is 11.2 Å². The highest BCUT2D eigenvalue weighted by molar-refractivity contribution is 5.54. The molecule has 0 radical (unpaired) electrons. The molecular weight excluding hydrogens is 239 g/mol. The van der Waals surface area contributed by atoms with Crippen LogP contribution in [0.2, 0.25) is 0 Å². The maximum atomic E-state index is 13.3. The zero-order valence-electron chi connectivity index (χ0n) is 12.2. The predicted molar refractivity (Wildman–Crippen MR) is 78.7 cm³/mol. The Hall–Kier alpha value is -1.09. The molecule has 0 unspecified atom stereocenters. The average molecular weight is 264 g/mol. The Morgan fingerprint density at radius 3 is 2.53 bits per heavy atom. The lowest BCUT2D eigenvalue weighted by Gasteiger charge is -2.40. The predicted octanol–water partition coefficient (Wildman–Crippen LogP) is 3.69. The molecule has 0 spiro atoms. The van der Waals surface area contributed by atoms with Crippen molar-refractivity contribution >= 4 is 5.69 Å². The van der Waals surface area contributed by atoms with Crippen molar-refractivity contribution in [1.29, 1.82) is 0 Å². The van der Waals surface area contributed by atoms with Crippen molar-refractivity contribution in [3.63, 3.8) is 0 Å². The number of benzene rings is 1. The van der Waals surface area contributed by atoms with Crippen LogP contribution in [0.1, 0.15) is 45.1 Å². The number of halogens is 1. The fourth-order valence-corrected chi connectivity index (χ4v) is 3.03. The summed E-state index contributed by atoms with van der Waals surface area (Å²) in [6, 6.07) is 5.48. The Morgan fingerprint density at radius 2 is 1.95 bits per heavy atom. The summed E-state index contributed by atoms with van der Waals surface area (Å²) >= 11 is 0. The van der Waals surface area contributed by atoms with E-state index in [0.29, 0.717) is 18.0 Å². The van der Waals surface area contributed by atoms with Gasteiger partial charge in [0.2, 0.25) is 0 Å². The van der Waals surface area contributed by atoms with Gasteiger partial charge in [-0.3, -0.25) is 0 Å². The number of rotatable bonds is 3. The largest absolute Gasteiger partial charge is 0.371 e. The van der Waals surface area contributed by atoms with Crippen LogP contribution in [0.3, 0.4) is 0 Å². The molecule has 19 heavy (non-hydrogen) atoms. The molecule has 1 aliphatic rings. The maximum Gasteiger partial charge on any atom is 0.123 e. The zero-order valence-corrected chi connectivity index (χ0v) is 12.2. The first-order valence-electron chi connectivity index (χ1n) is 7.14. The zero-order chi connectivity index (χ0) is 14.0. The summed E-state index contributed by atoms with van der Waals surface area (Å²) in [6.07, 6.45) is 4.90. The fourth-order valence-electron chi connectivity index (χ4n) is 3.03. The monoisotopic (exact) mass is 264 g/mol. The van der Waals surface area contributed by atoms with Crippen molar-refractivity contribution in [3.8, 4) is 0 Å². The van der Waals surface area contributed by atoms with Crippen LogP contribution < -0.4 is 10.6 Å². The van der Waals surface area contributed by atoms with E-state index in [1.54, 1.807) is 6.07 Å². The number of anilines is 1. The number of nitrogens with two attached hydrogens (primary N) is 1. The minimum absolute atomic E-state index is 0.206. The van der Waals surface area contributed by atoms with Crippen molar-refractivity contribution in [1.82, 2.24) is 0 Å². The van der Waals surface area contributed by atoms with Gasteiger partial charge < -0.3 is 10.6 Å². The molecule has 2 rings (SSSR count). The van der Waals surface area contributed by atoms with E-state index in [0.717, 1.165) is 11.3 Å². The summed E-state index contributed by atoms with van der Waals surface area (Å²) in [4.78, 5) is 2.29. The van der Waals surface area contributed by atoms with E-state index in [2.05, 4.69) is 25.8 Å². The van der Waals surface area contributed by atoms with E-state index < -0.39 is 0 Å². The van der Waals surface area contributed by atoms with Gasteiger partial charge in [-0.25, -0.2) is 4.39 Å². The van der Waals surface area contributed by atoms with Gasteiger partial charge in [0.25, 0.3) is 0 Å². The summed E-state index contributed by atoms with van der Waals surface area (Å²) in [6.45, 7) is 5.06. The second-order valence-corrected chi connectivity index (χ2v) is 6.48. The maximum absolute atomic E-state index is 13.3. The Kier molecular flexibility index (Phi) is 4.14. The first-order chi connectivity index (χ1) is 8.93. The Labute approximate surface area is 115 Å². The van der Waals surface area contributed by atoms with Crippen LogP contribution in [-0.4, -0.2) is 13.1 Å². The van der Waals surface area contributed by atoms with Crippen LogP contribution in [0.5, 0.6) is 0 Å². The lowest BCUT2D eigenvalue weighted by atomic mass is 9.75. The minimum atomic E-state index is -0.206. The first-order valence-corrected chi connectivity index (χ1v) is 7.14. The summed E-state index contributed by atoms with van der Waals surface area (Å²) in [5, 5.41) is 0. The summed E-state index contributed by atoms with van der Waals surface area (Å²) in [5.41, 5.74) is 8.18. The standard InChI is InChI=1S/C16H25FN2/c1-16(2)8-6-14(7-9-16)19(3)15-5-4-13(17)10-12(15)11-18/h4-5,10,14H,6-9,11,18H2,1-3H3. The van der Waals surface area contributed by atoms with Crippen LogP contribution >= 0.6 is 0 Å². The van der Waals surface area contributed by atoms with Gasteiger partial charge in [-0.2, -0.15) is 0 Å². The molecule has 1 saturated carbocycles. The topological polar surface area (TPSA) is 29.3 Å². The molecule has 0 aromatic heterocycles. The first kappa shape index (κ1) is 14.3. The average Bonchev–Trinajstić information content (AvgIpc) is 2.37. The summed E-state index contributed by atoms with van der Waals surface area (Å²) in [7, 11) is 2.11. The molecule has 2 nitrogen and oxygen atoms in total. The van der Waals surface area contributed by atoms with Crippen LogP contribution in [-0.2, 0) is 6.54 Å². The Bertz CT molecular complexity index is 432. The molecule has 3 heteroatoms. The van der Waals surface area contributed by atoms with Crippen LogP contribution in [0.15, 0.2) is 18.2 Å². The second-order valence-electron chi connectivity index (χ2n) is 6.48. The molecule has 1 aromatic rings. The van der Waals surface area contributed by atoms with Crippen molar-refractivity contribution < 1.29 is 4.39 Å². The van der Waals surface area contributed by atoms with E-state index in [1.165, 1.54) is 31.7 Å². The van der Waals surface area contributed by atoms with Gasteiger partial charge in [0, 0.05) is 25.3 Å². The van der Waals surface area contributed by atoms with E-state index in [4.69, 9.17) is 5.73 Å². The van der Waals surface area contributed by atoms with E-state index >= 15 is 0 Å². The molecule has 1 aromatic carbocycles. The minimum Gasteiger partial charge on any atom is -0.371 e. The normalized spacial score (nSPS) is 19.4. The summed E-state index contributed by atoms with van der Waals surface area (Å²) in [5.74, 6) is -0.206. The van der Waals surface area contributed by atoms with Crippen LogP contribution in [0.25, 0.3) is 0 Å². The summed E-state index contributed by atoms with van der Waals surface area (Å²) < 4.78 is 13.3. The van der Waals surface area contributed by atoms with E-state index in [1.807, 2.05) is 6.07 Å². The van der Waals surface area contributed by atoms with Crippen molar-refractivity contribution in [3.05, 3.63) is 29.6 Å². The molecular formula is C16H25FN2. The van der Waals surface area contributed by atoms with Gasteiger partial charge in [-0.15, -0.1) is 0 Å². The highest BCUT2D eigenvalue weighted by atomic mass is 19.1. The van der Waals surface area contributed by atoms with Crippen molar-refractivity contribution in [2.24, 2.45) is 11.1 Å². The molecule has 0 amide bonds. The van der Waals surface area contributed by atoms with Gasteiger partial charge in [0.15, 0.2) is 0 Å². The highest BCUT2D eigenvalue weighted by Crippen LogP contribution is 2.38. The quantitative estimate of drug-likeness (QED) is 0.902. The Morgan fingerprint density at radius 1 is 1.32 bits per heavy atom. The second kappa shape index (κ2) is 5.49. The van der Waals surface area contributed by atoms with Gasteiger partial charge in [-0.1, -0.05) is 13.8 Å². The van der Waals surface area contributed by atoms with Gasteiger partial charge in [0.05, 0.1) is 0 Å². The molecule has 0 atom stereocenters. The highest BCUT2D eigenvalue weighted by Gasteiger charge is 2.29. The molecule has 0 heterocycles. The van der Waals surface area contributed by atoms with Gasteiger partial charge in [-0.05, 0) is 54.9 Å². The molecule has 0 aliphatic heterocycles. The Balaban J connectivity index is 2.14. The lowest BCUT2D eigenvalue weighted by molar-refractivity contribution is 0.222. The van der Waals surface area contributed by atoms with Crippen LogP contribution in [0.4, 0.5) is 10.1 Å². The molecule has 106 valence electrons. The third kappa shape index (κ3) is 3.27. The third-order valence-electron chi connectivity index (χ3n) is 4.50. The fraction of sp³-hybridized carbons (Fsp3) is 0.625. The third-order valence-corrected chi connectivity index (χ3v) is 4.50. The smallest absolute Gasteiger partial charge is 0.123 e. The number of hydrogen-bond acceptors (Lipinski definition) is 2.